The van der Waals surface area contributed by atoms with E-state index in [-0.39, 0.29) is 5.95 Å². The minimum absolute atomic E-state index is 0.246. The fourth-order valence-corrected chi connectivity index (χ4v) is 1.55. The smallest absolute Gasteiger partial charge is 0.228 e. The van der Waals surface area contributed by atoms with Gasteiger partial charge in [-0.05, 0) is 12.0 Å². The van der Waals surface area contributed by atoms with Gasteiger partial charge in [0.25, 0.3) is 0 Å². The Morgan fingerprint density at radius 3 is 2.83 bits per heavy atom. The lowest BCUT2D eigenvalue weighted by molar-refractivity contribution is 0.564. The van der Waals surface area contributed by atoms with Gasteiger partial charge in [-0.25, -0.2) is 0 Å². The zero-order valence-electron chi connectivity index (χ0n) is 10.6. The Morgan fingerprint density at radius 1 is 1.33 bits per heavy atom. The van der Waals surface area contributed by atoms with Gasteiger partial charge >= 0.3 is 0 Å². The van der Waals surface area contributed by atoms with Crippen molar-refractivity contribution in [2.75, 3.05) is 11.1 Å². The van der Waals surface area contributed by atoms with Crippen LogP contribution in [0.25, 0.3) is 0 Å². The molecule has 0 aliphatic carbocycles. The number of nitrogens with zero attached hydrogens (tertiary/aromatic N) is 3. The number of anilines is 2. The van der Waals surface area contributed by atoms with Crippen LogP contribution in [0.2, 0.25) is 0 Å². The summed E-state index contributed by atoms with van der Waals surface area (Å²) in [6.07, 6.45) is 4.09. The van der Waals surface area contributed by atoms with E-state index in [2.05, 4.69) is 34.1 Å². The summed E-state index contributed by atoms with van der Waals surface area (Å²) in [4.78, 5) is 12.5. The molecule has 0 unspecified atom stereocenters. The van der Waals surface area contributed by atoms with E-state index in [0.717, 1.165) is 12.0 Å². The van der Waals surface area contributed by atoms with E-state index in [0.29, 0.717) is 24.2 Å². The molecule has 96 valence electrons. The van der Waals surface area contributed by atoms with Gasteiger partial charge in [0.05, 0.1) is 12.5 Å². The highest BCUT2D eigenvalue weighted by atomic mass is 16.3. The van der Waals surface area contributed by atoms with E-state index in [4.69, 9.17) is 10.2 Å². The molecule has 0 saturated heterocycles. The molecule has 18 heavy (non-hydrogen) atoms. The summed E-state index contributed by atoms with van der Waals surface area (Å²) < 4.78 is 4.99. The normalized spacial score (nSPS) is 10.8. The SMILES string of the molecule is CC(C)Cc1nc(N)nc(NCc2ccoc2)n1. The first-order valence-electron chi connectivity index (χ1n) is 5.89. The molecule has 0 aliphatic heterocycles. The van der Waals surface area contributed by atoms with Gasteiger partial charge in [-0.15, -0.1) is 0 Å². The number of aromatic nitrogens is 3. The van der Waals surface area contributed by atoms with E-state index in [1.54, 1.807) is 12.5 Å². The maximum Gasteiger partial charge on any atom is 0.228 e. The van der Waals surface area contributed by atoms with Crippen molar-refractivity contribution in [1.82, 2.24) is 15.0 Å². The third kappa shape index (κ3) is 3.44. The molecule has 2 aromatic rings. The monoisotopic (exact) mass is 247 g/mol. The maximum atomic E-state index is 5.66. The first-order valence-corrected chi connectivity index (χ1v) is 5.89. The number of furan rings is 1. The molecule has 0 aliphatic rings. The van der Waals surface area contributed by atoms with Crippen LogP contribution in [0.15, 0.2) is 23.0 Å². The van der Waals surface area contributed by atoms with Crippen molar-refractivity contribution < 1.29 is 4.42 Å². The third-order valence-electron chi connectivity index (χ3n) is 2.32. The lowest BCUT2D eigenvalue weighted by Crippen LogP contribution is -2.10. The zero-order chi connectivity index (χ0) is 13.0. The molecule has 2 heterocycles. The van der Waals surface area contributed by atoms with Crippen LogP contribution in [-0.4, -0.2) is 15.0 Å². The highest BCUT2D eigenvalue weighted by Gasteiger charge is 2.06. The Balaban J connectivity index is 2.05. The van der Waals surface area contributed by atoms with Gasteiger partial charge in [0.1, 0.15) is 5.82 Å². The summed E-state index contributed by atoms with van der Waals surface area (Å²) in [5.74, 6) is 1.94. The largest absolute Gasteiger partial charge is 0.472 e. The fourth-order valence-electron chi connectivity index (χ4n) is 1.55. The minimum atomic E-state index is 0.246. The average molecular weight is 247 g/mol. The molecule has 6 nitrogen and oxygen atoms in total. The van der Waals surface area contributed by atoms with E-state index in [9.17, 15) is 0 Å². The maximum absolute atomic E-state index is 5.66. The van der Waals surface area contributed by atoms with Gasteiger partial charge in [-0.3, -0.25) is 0 Å². The quantitative estimate of drug-likeness (QED) is 0.838. The Morgan fingerprint density at radius 2 is 2.17 bits per heavy atom. The lowest BCUT2D eigenvalue weighted by Gasteiger charge is -2.07. The van der Waals surface area contributed by atoms with E-state index < -0.39 is 0 Å². The molecule has 0 saturated carbocycles. The topological polar surface area (TPSA) is 89.9 Å². The van der Waals surface area contributed by atoms with Gasteiger partial charge in [0, 0.05) is 18.5 Å². The number of hydrogen-bond acceptors (Lipinski definition) is 6. The standard InChI is InChI=1S/C12H17N5O/c1-8(2)5-10-15-11(13)17-12(16-10)14-6-9-3-4-18-7-9/h3-4,7-8H,5-6H2,1-2H3,(H3,13,14,15,16,17). The van der Waals surface area contributed by atoms with E-state index >= 15 is 0 Å². The second-order valence-corrected chi connectivity index (χ2v) is 4.52. The van der Waals surface area contributed by atoms with Crippen LogP contribution >= 0.6 is 0 Å². The summed E-state index contributed by atoms with van der Waals surface area (Å²) in [5.41, 5.74) is 6.69. The second kappa shape index (κ2) is 5.48. The molecule has 2 aromatic heterocycles. The van der Waals surface area contributed by atoms with Crippen molar-refractivity contribution in [3.63, 3.8) is 0 Å². The van der Waals surface area contributed by atoms with Crippen molar-refractivity contribution in [3.05, 3.63) is 30.0 Å². The molecule has 0 aromatic carbocycles. The summed E-state index contributed by atoms with van der Waals surface area (Å²) in [7, 11) is 0. The first-order chi connectivity index (χ1) is 8.63. The van der Waals surface area contributed by atoms with Crippen LogP contribution in [0.1, 0.15) is 25.2 Å². The van der Waals surface area contributed by atoms with Crippen molar-refractivity contribution in [2.45, 2.75) is 26.8 Å². The molecule has 0 spiro atoms. The molecule has 2 rings (SSSR count). The van der Waals surface area contributed by atoms with Gasteiger partial charge in [-0.2, -0.15) is 15.0 Å². The number of nitrogen functional groups attached to an aromatic ring is 1. The van der Waals surface area contributed by atoms with Gasteiger partial charge in [-0.1, -0.05) is 13.8 Å². The average Bonchev–Trinajstić information content (AvgIpc) is 2.77. The van der Waals surface area contributed by atoms with E-state index in [1.165, 1.54) is 0 Å². The summed E-state index contributed by atoms with van der Waals surface area (Å²) in [6.45, 7) is 4.82. The molecule has 6 heteroatoms. The van der Waals surface area contributed by atoms with Crippen molar-refractivity contribution >= 4 is 11.9 Å². The highest BCUT2D eigenvalue weighted by molar-refractivity contribution is 5.32. The van der Waals surface area contributed by atoms with Gasteiger partial charge in [0.2, 0.25) is 11.9 Å². The third-order valence-corrected chi connectivity index (χ3v) is 2.32. The van der Waals surface area contributed by atoms with Crippen LogP contribution in [0, 0.1) is 5.92 Å². The molecule has 0 bridgehead atoms. The Kier molecular flexibility index (Phi) is 3.76. The predicted molar refractivity (Wildman–Crippen MR) is 68.8 cm³/mol. The highest BCUT2D eigenvalue weighted by Crippen LogP contribution is 2.09. The van der Waals surface area contributed by atoms with Crippen LogP contribution in [0.3, 0.4) is 0 Å². The van der Waals surface area contributed by atoms with Crippen LogP contribution in [0.4, 0.5) is 11.9 Å². The summed E-state index contributed by atoms with van der Waals surface area (Å²) in [5, 5.41) is 3.10. The molecular weight excluding hydrogens is 230 g/mol. The number of rotatable bonds is 5. The van der Waals surface area contributed by atoms with Crippen molar-refractivity contribution in [1.29, 1.82) is 0 Å². The first kappa shape index (κ1) is 12.3. The molecule has 3 N–H and O–H groups in total. The number of nitrogens with one attached hydrogen (secondary N) is 1. The summed E-state index contributed by atoms with van der Waals surface area (Å²) >= 11 is 0. The molecule has 0 fully saturated rings. The molecule has 0 amide bonds. The predicted octanol–water partition coefficient (Wildman–Crippen LogP) is 1.86. The summed E-state index contributed by atoms with van der Waals surface area (Å²) in [6, 6.07) is 1.88. The minimum Gasteiger partial charge on any atom is -0.472 e. The molecule has 0 radical (unpaired) electrons. The Bertz CT molecular complexity index is 495. The Hall–Kier alpha value is -2.11. The van der Waals surface area contributed by atoms with Crippen LogP contribution < -0.4 is 11.1 Å². The molecule has 0 atom stereocenters. The van der Waals surface area contributed by atoms with E-state index in [1.807, 2.05) is 6.07 Å². The fraction of sp³-hybridized carbons (Fsp3) is 0.417. The lowest BCUT2D eigenvalue weighted by atomic mass is 10.1. The number of nitrogens with two attached hydrogens (primary N) is 1. The van der Waals surface area contributed by atoms with Crippen molar-refractivity contribution in [3.8, 4) is 0 Å². The second-order valence-electron chi connectivity index (χ2n) is 4.52. The van der Waals surface area contributed by atoms with Crippen LogP contribution in [0.5, 0.6) is 0 Å². The number of hydrogen-bond donors (Lipinski definition) is 2. The van der Waals surface area contributed by atoms with Gasteiger partial charge < -0.3 is 15.5 Å². The zero-order valence-corrected chi connectivity index (χ0v) is 10.6. The Labute approximate surface area is 106 Å². The van der Waals surface area contributed by atoms with Crippen molar-refractivity contribution in [2.24, 2.45) is 5.92 Å². The van der Waals surface area contributed by atoms with Gasteiger partial charge in [0.15, 0.2) is 0 Å². The van der Waals surface area contributed by atoms with Crippen LogP contribution in [-0.2, 0) is 13.0 Å². The molecular formula is C12H17N5O.